The number of nitrogens with zero attached hydrogens (tertiary/aromatic N) is 1. The molecule has 0 radical (unpaired) electrons. The number of sulfonamides is 1. The van der Waals surface area contributed by atoms with Crippen molar-refractivity contribution in [2.24, 2.45) is 5.14 Å². The van der Waals surface area contributed by atoms with Crippen LogP contribution in [0.2, 0.25) is 0 Å². The van der Waals surface area contributed by atoms with Crippen LogP contribution in [0.1, 0.15) is 22.5 Å². The van der Waals surface area contributed by atoms with Gasteiger partial charge in [0.1, 0.15) is 6.04 Å². The van der Waals surface area contributed by atoms with E-state index in [9.17, 15) is 18.0 Å². The number of aryl methyl sites for hydroxylation is 1. The molecule has 0 aliphatic carbocycles. The maximum absolute atomic E-state index is 12.6. The molecule has 3 N–H and O–H groups in total. The van der Waals surface area contributed by atoms with E-state index in [1.54, 1.807) is 7.05 Å². The molecule has 9 heteroatoms. The summed E-state index contributed by atoms with van der Waals surface area (Å²) in [7, 11) is -2.38. The van der Waals surface area contributed by atoms with Crippen LogP contribution in [0.5, 0.6) is 0 Å². The van der Waals surface area contributed by atoms with Crippen molar-refractivity contribution in [3.8, 4) is 0 Å². The van der Waals surface area contributed by atoms with Gasteiger partial charge in [-0.3, -0.25) is 9.59 Å². The molecule has 132 valence electrons. The number of carbonyl (C=O) groups excluding carboxylic acids is 2. The molecule has 3 rings (SSSR count). The zero-order valence-electron chi connectivity index (χ0n) is 13.4. The lowest BCUT2D eigenvalue weighted by Crippen LogP contribution is -2.46. The molecule has 2 aromatic rings. The Kier molecular flexibility index (Phi) is 4.36. The Bertz CT molecular complexity index is 935. The van der Waals surface area contributed by atoms with Crippen molar-refractivity contribution >= 4 is 27.5 Å². The molecule has 0 saturated heterocycles. The maximum atomic E-state index is 12.6. The molecule has 1 aromatic heterocycles. The predicted molar refractivity (Wildman–Crippen MR) is 89.5 cm³/mol. The number of primary sulfonamides is 1. The number of anilines is 1. The monoisotopic (exact) mass is 363 g/mol. The van der Waals surface area contributed by atoms with Gasteiger partial charge in [-0.05, 0) is 36.6 Å². The molecule has 0 fully saturated rings. The molecule has 25 heavy (non-hydrogen) atoms. The first kappa shape index (κ1) is 17.2. The summed E-state index contributed by atoms with van der Waals surface area (Å²) in [6, 6.07) is 9.09. The maximum Gasteiger partial charge on any atom is 0.287 e. The van der Waals surface area contributed by atoms with Crippen LogP contribution >= 0.6 is 0 Å². The van der Waals surface area contributed by atoms with E-state index >= 15 is 0 Å². The summed E-state index contributed by atoms with van der Waals surface area (Å²) < 4.78 is 27.4. The second kappa shape index (κ2) is 6.34. The van der Waals surface area contributed by atoms with E-state index in [2.05, 4.69) is 5.32 Å². The molecule has 1 aliphatic heterocycles. The number of benzene rings is 1. The van der Waals surface area contributed by atoms with Gasteiger partial charge in [-0.1, -0.05) is 18.2 Å². The molecule has 2 amide bonds. The van der Waals surface area contributed by atoms with Gasteiger partial charge < -0.3 is 14.6 Å². The molecule has 0 saturated carbocycles. The van der Waals surface area contributed by atoms with Crippen LogP contribution in [0.15, 0.2) is 45.9 Å². The Hall–Kier alpha value is -2.65. The van der Waals surface area contributed by atoms with Gasteiger partial charge in [0.2, 0.25) is 11.0 Å². The fourth-order valence-corrected chi connectivity index (χ4v) is 3.25. The summed E-state index contributed by atoms with van der Waals surface area (Å²) in [5.41, 5.74) is 1.82. The molecular weight excluding hydrogens is 346 g/mol. The third-order valence-electron chi connectivity index (χ3n) is 4.07. The number of carbonyl (C=O) groups is 2. The zero-order valence-corrected chi connectivity index (χ0v) is 14.2. The predicted octanol–water partition coefficient (Wildman–Crippen LogP) is 0.635. The van der Waals surface area contributed by atoms with Crippen LogP contribution in [0.25, 0.3) is 0 Å². The summed E-state index contributed by atoms with van der Waals surface area (Å²) >= 11 is 0. The normalized spacial score (nSPS) is 17.8. The fourth-order valence-electron chi connectivity index (χ4n) is 2.78. The lowest BCUT2D eigenvalue weighted by molar-refractivity contribution is -0.120. The number of hydrogen-bond acceptors (Lipinski definition) is 5. The van der Waals surface area contributed by atoms with E-state index in [1.165, 1.54) is 11.0 Å². The molecule has 1 aromatic carbocycles. The molecule has 1 unspecified atom stereocenters. The number of fused-ring (bicyclic) bond motifs is 1. The highest BCUT2D eigenvalue weighted by atomic mass is 32.2. The highest BCUT2D eigenvalue weighted by molar-refractivity contribution is 7.89. The first-order valence-electron chi connectivity index (χ1n) is 7.56. The molecule has 0 bridgehead atoms. The van der Waals surface area contributed by atoms with Crippen LogP contribution in [0.4, 0.5) is 5.69 Å². The van der Waals surface area contributed by atoms with Gasteiger partial charge >= 0.3 is 0 Å². The van der Waals surface area contributed by atoms with Gasteiger partial charge in [0.25, 0.3) is 15.9 Å². The van der Waals surface area contributed by atoms with E-state index in [0.29, 0.717) is 12.8 Å². The largest absolute Gasteiger partial charge is 0.438 e. The Morgan fingerprint density at radius 2 is 2.00 bits per heavy atom. The van der Waals surface area contributed by atoms with Crippen LogP contribution in [0.3, 0.4) is 0 Å². The fraction of sp³-hybridized carbons (Fsp3) is 0.250. The van der Waals surface area contributed by atoms with Gasteiger partial charge in [0.05, 0.1) is 0 Å². The quantitative estimate of drug-likeness (QED) is 0.828. The van der Waals surface area contributed by atoms with Crippen molar-refractivity contribution in [2.75, 3.05) is 11.9 Å². The Morgan fingerprint density at radius 1 is 1.28 bits per heavy atom. The van der Waals surface area contributed by atoms with Crippen molar-refractivity contribution in [1.29, 1.82) is 0 Å². The van der Waals surface area contributed by atoms with Crippen molar-refractivity contribution in [2.45, 2.75) is 24.0 Å². The lowest BCUT2D eigenvalue weighted by atomic mass is 10.1. The smallest absolute Gasteiger partial charge is 0.287 e. The van der Waals surface area contributed by atoms with Gasteiger partial charge in [0, 0.05) is 12.7 Å². The van der Waals surface area contributed by atoms with Crippen molar-refractivity contribution in [1.82, 2.24) is 5.32 Å². The SMILES string of the molecule is CN1C(=O)C(NC(=O)c2ccc(S(N)(=O)=O)o2)CCc2ccccc21. The van der Waals surface area contributed by atoms with Gasteiger partial charge in [0.15, 0.2) is 5.76 Å². The number of likely N-dealkylation sites (N-methyl/N-ethyl adjacent to an activating group) is 1. The summed E-state index contributed by atoms with van der Waals surface area (Å²) in [4.78, 5) is 26.4. The van der Waals surface area contributed by atoms with E-state index in [1.807, 2.05) is 24.3 Å². The number of hydrogen-bond donors (Lipinski definition) is 2. The van der Waals surface area contributed by atoms with Crippen molar-refractivity contribution < 1.29 is 22.4 Å². The molecular formula is C16H17N3O5S. The van der Waals surface area contributed by atoms with Gasteiger partial charge in [-0.2, -0.15) is 0 Å². The van der Waals surface area contributed by atoms with Crippen LogP contribution in [-0.2, 0) is 21.2 Å². The highest BCUT2D eigenvalue weighted by Crippen LogP contribution is 2.25. The topological polar surface area (TPSA) is 123 Å². The minimum Gasteiger partial charge on any atom is -0.438 e. The second-order valence-corrected chi connectivity index (χ2v) is 7.25. The summed E-state index contributed by atoms with van der Waals surface area (Å²) in [6.45, 7) is 0. The summed E-state index contributed by atoms with van der Waals surface area (Å²) in [5.74, 6) is -1.15. The van der Waals surface area contributed by atoms with Crippen molar-refractivity contribution in [3.63, 3.8) is 0 Å². The van der Waals surface area contributed by atoms with Crippen molar-refractivity contribution in [3.05, 3.63) is 47.7 Å². The minimum absolute atomic E-state index is 0.221. The number of rotatable bonds is 3. The first-order chi connectivity index (χ1) is 11.8. The molecule has 8 nitrogen and oxygen atoms in total. The molecule has 0 spiro atoms. The van der Waals surface area contributed by atoms with Crippen LogP contribution in [0, 0.1) is 0 Å². The molecule has 1 atom stereocenters. The Morgan fingerprint density at radius 3 is 2.68 bits per heavy atom. The van der Waals surface area contributed by atoms with E-state index in [-0.39, 0.29) is 11.7 Å². The van der Waals surface area contributed by atoms with Gasteiger partial charge in [-0.25, -0.2) is 13.6 Å². The number of para-hydroxylation sites is 1. The molecule has 1 aliphatic rings. The average molecular weight is 363 g/mol. The Balaban J connectivity index is 1.78. The number of nitrogens with two attached hydrogens (primary N) is 1. The van der Waals surface area contributed by atoms with Crippen LogP contribution in [-0.4, -0.2) is 33.3 Å². The minimum atomic E-state index is -4.03. The highest BCUT2D eigenvalue weighted by Gasteiger charge is 2.30. The zero-order chi connectivity index (χ0) is 18.2. The van der Waals surface area contributed by atoms with Gasteiger partial charge in [-0.15, -0.1) is 0 Å². The summed E-state index contributed by atoms with van der Waals surface area (Å²) in [5, 5.41) is 7.04. The third kappa shape index (κ3) is 3.42. The first-order valence-corrected chi connectivity index (χ1v) is 9.11. The van der Waals surface area contributed by atoms with E-state index in [0.717, 1.165) is 17.3 Å². The number of nitrogens with one attached hydrogen (secondary N) is 1. The second-order valence-electron chi connectivity index (χ2n) is 5.75. The standard InChI is InChI=1S/C16H17N3O5S/c1-19-12-5-3-2-4-10(12)6-7-11(16(19)21)18-15(20)13-8-9-14(24-13)25(17,22)23/h2-5,8-9,11H,6-7H2,1H3,(H,18,20)(H2,17,22,23). The number of amides is 2. The summed E-state index contributed by atoms with van der Waals surface area (Å²) in [6.07, 6.45) is 1.05. The molecule has 2 heterocycles. The Labute approximate surface area is 144 Å². The average Bonchev–Trinajstić information content (AvgIpc) is 3.04. The number of furan rings is 1. The lowest BCUT2D eigenvalue weighted by Gasteiger charge is -2.21. The van der Waals surface area contributed by atoms with E-state index in [4.69, 9.17) is 9.56 Å². The van der Waals surface area contributed by atoms with E-state index < -0.39 is 27.1 Å². The van der Waals surface area contributed by atoms with Crippen LogP contribution < -0.4 is 15.4 Å². The third-order valence-corrected chi connectivity index (χ3v) is 4.86.